The molecule has 3 heterocycles. The van der Waals surface area contributed by atoms with E-state index in [9.17, 15) is 13.6 Å². The fraction of sp³-hybridized carbons (Fsp3) is 0.353. The summed E-state index contributed by atoms with van der Waals surface area (Å²) in [5.74, 6) is -1.64. The fourth-order valence-corrected chi connectivity index (χ4v) is 3.18. The number of aryl methyl sites for hydroxylation is 1. The summed E-state index contributed by atoms with van der Waals surface area (Å²) < 4.78 is 34.4. The number of hydrogen-bond acceptors (Lipinski definition) is 6. The Labute approximate surface area is 152 Å². The van der Waals surface area contributed by atoms with Crippen LogP contribution < -0.4 is 0 Å². The summed E-state index contributed by atoms with van der Waals surface area (Å²) in [5, 5.41) is 11.9. The molecule has 1 aliphatic heterocycles. The molecule has 0 bridgehead atoms. The summed E-state index contributed by atoms with van der Waals surface area (Å²) in [6.07, 6.45) is 3.12. The molecule has 1 aromatic carbocycles. The minimum atomic E-state index is -0.863. The molecule has 10 heteroatoms. The average molecular weight is 374 g/mol. The van der Waals surface area contributed by atoms with Crippen molar-refractivity contribution >= 4 is 5.91 Å². The summed E-state index contributed by atoms with van der Waals surface area (Å²) in [6, 6.07) is 3.23. The minimum Gasteiger partial charge on any atom is -0.339 e. The fourth-order valence-electron chi connectivity index (χ4n) is 3.18. The Morgan fingerprint density at radius 1 is 1.30 bits per heavy atom. The lowest BCUT2D eigenvalue weighted by atomic mass is 10.0. The number of rotatable bonds is 3. The second-order valence-corrected chi connectivity index (χ2v) is 6.36. The summed E-state index contributed by atoms with van der Waals surface area (Å²) in [7, 11) is 0. The van der Waals surface area contributed by atoms with Crippen LogP contribution in [0.1, 0.15) is 35.1 Å². The lowest BCUT2D eigenvalue weighted by Gasteiger charge is -2.32. The smallest absolute Gasteiger partial charge is 0.259 e. The van der Waals surface area contributed by atoms with Crippen molar-refractivity contribution in [3.05, 3.63) is 47.5 Å². The van der Waals surface area contributed by atoms with E-state index >= 15 is 0 Å². The van der Waals surface area contributed by atoms with Gasteiger partial charge in [-0.05, 0) is 25.0 Å². The number of carbonyl (C=O) groups is 1. The van der Waals surface area contributed by atoms with Gasteiger partial charge in [0, 0.05) is 20.0 Å². The van der Waals surface area contributed by atoms with Crippen molar-refractivity contribution in [2.75, 3.05) is 13.1 Å². The van der Waals surface area contributed by atoms with E-state index in [1.165, 1.54) is 11.0 Å². The SMILES string of the molecule is Cc1nc(-c2cn([C@H]3CCCN(C(=O)c4c(F)cccc4F)C3)nn2)no1. The Balaban J connectivity index is 1.53. The molecule has 1 saturated heterocycles. The minimum absolute atomic E-state index is 0.160. The second-order valence-electron chi connectivity index (χ2n) is 6.36. The van der Waals surface area contributed by atoms with E-state index < -0.39 is 23.1 Å². The maximum Gasteiger partial charge on any atom is 0.259 e. The van der Waals surface area contributed by atoms with Gasteiger partial charge in [0.05, 0.1) is 12.2 Å². The molecule has 1 amide bonds. The van der Waals surface area contributed by atoms with Crippen LogP contribution in [0.3, 0.4) is 0 Å². The van der Waals surface area contributed by atoms with Crippen LogP contribution in [0.4, 0.5) is 8.78 Å². The van der Waals surface area contributed by atoms with Crippen molar-refractivity contribution in [2.45, 2.75) is 25.8 Å². The Morgan fingerprint density at radius 3 is 2.78 bits per heavy atom. The number of halogens is 2. The highest BCUT2D eigenvalue weighted by Gasteiger charge is 2.29. The number of amides is 1. The zero-order chi connectivity index (χ0) is 19.0. The third-order valence-electron chi connectivity index (χ3n) is 4.50. The topological polar surface area (TPSA) is 89.9 Å². The normalized spacial score (nSPS) is 17.3. The molecule has 1 aliphatic rings. The Bertz CT molecular complexity index is 965. The predicted molar refractivity (Wildman–Crippen MR) is 88.6 cm³/mol. The number of hydrogen-bond donors (Lipinski definition) is 0. The number of piperidine rings is 1. The van der Waals surface area contributed by atoms with E-state index in [2.05, 4.69) is 20.5 Å². The van der Waals surface area contributed by atoms with Crippen molar-refractivity contribution in [3.63, 3.8) is 0 Å². The molecule has 3 aromatic rings. The molecule has 0 radical (unpaired) electrons. The molecule has 8 nitrogen and oxygen atoms in total. The van der Waals surface area contributed by atoms with Gasteiger partial charge < -0.3 is 9.42 Å². The molecule has 4 rings (SSSR count). The molecule has 0 unspecified atom stereocenters. The van der Waals surface area contributed by atoms with E-state index in [4.69, 9.17) is 4.52 Å². The molecule has 0 aliphatic carbocycles. The van der Waals surface area contributed by atoms with Crippen LogP contribution in [0.25, 0.3) is 11.5 Å². The number of carbonyl (C=O) groups excluding carboxylic acids is 1. The van der Waals surface area contributed by atoms with Crippen LogP contribution in [0.5, 0.6) is 0 Å². The predicted octanol–water partition coefficient (Wildman–Crippen LogP) is 2.39. The van der Waals surface area contributed by atoms with Crippen LogP contribution in [-0.4, -0.2) is 49.0 Å². The Kier molecular flexibility index (Phi) is 4.38. The second kappa shape index (κ2) is 6.86. The van der Waals surface area contributed by atoms with Crippen LogP contribution >= 0.6 is 0 Å². The van der Waals surface area contributed by atoms with Gasteiger partial charge in [-0.1, -0.05) is 16.4 Å². The molecule has 1 fully saturated rings. The van der Waals surface area contributed by atoms with Gasteiger partial charge in [-0.15, -0.1) is 5.10 Å². The first kappa shape index (κ1) is 17.3. The first-order valence-corrected chi connectivity index (χ1v) is 8.48. The third kappa shape index (κ3) is 3.29. The number of nitrogens with zero attached hydrogens (tertiary/aromatic N) is 6. The molecule has 2 aromatic heterocycles. The van der Waals surface area contributed by atoms with Crippen molar-refractivity contribution in [2.24, 2.45) is 0 Å². The van der Waals surface area contributed by atoms with Gasteiger partial charge in [-0.25, -0.2) is 13.5 Å². The molecule has 0 N–H and O–H groups in total. The lowest BCUT2D eigenvalue weighted by molar-refractivity contribution is 0.0662. The van der Waals surface area contributed by atoms with Gasteiger partial charge in [0.1, 0.15) is 17.2 Å². The highest BCUT2D eigenvalue weighted by Crippen LogP contribution is 2.25. The van der Waals surface area contributed by atoms with Gasteiger partial charge in [0.15, 0.2) is 5.69 Å². The van der Waals surface area contributed by atoms with E-state index in [1.807, 2.05) is 0 Å². The largest absolute Gasteiger partial charge is 0.339 e. The molecule has 0 saturated carbocycles. The standard InChI is InChI=1S/C17H16F2N6O2/c1-10-20-16(22-27-10)14-9-25(23-21-14)11-4-3-7-24(8-11)17(26)15-12(18)5-2-6-13(15)19/h2,5-6,9,11H,3-4,7-8H2,1H3/t11-/m0/s1. The first-order chi connectivity index (χ1) is 13.0. The van der Waals surface area contributed by atoms with Gasteiger partial charge in [0.25, 0.3) is 5.91 Å². The van der Waals surface area contributed by atoms with Crippen LogP contribution in [0.2, 0.25) is 0 Å². The van der Waals surface area contributed by atoms with Crippen molar-refractivity contribution in [1.82, 2.24) is 30.0 Å². The molecule has 27 heavy (non-hydrogen) atoms. The number of benzene rings is 1. The molecular formula is C17H16F2N6O2. The van der Waals surface area contributed by atoms with Crippen molar-refractivity contribution in [3.8, 4) is 11.5 Å². The van der Waals surface area contributed by atoms with Crippen LogP contribution in [-0.2, 0) is 0 Å². The lowest BCUT2D eigenvalue weighted by Crippen LogP contribution is -2.41. The first-order valence-electron chi connectivity index (χ1n) is 8.48. The van der Waals surface area contributed by atoms with E-state index in [1.54, 1.807) is 17.8 Å². The quantitative estimate of drug-likeness (QED) is 0.699. The van der Waals surface area contributed by atoms with Gasteiger partial charge in [-0.3, -0.25) is 4.79 Å². The van der Waals surface area contributed by atoms with Gasteiger partial charge >= 0.3 is 0 Å². The molecule has 140 valence electrons. The summed E-state index contributed by atoms with van der Waals surface area (Å²) >= 11 is 0. The van der Waals surface area contributed by atoms with Crippen molar-refractivity contribution < 1.29 is 18.1 Å². The van der Waals surface area contributed by atoms with Gasteiger partial charge in [-0.2, -0.15) is 4.98 Å². The van der Waals surface area contributed by atoms with E-state index in [0.717, 1.165) is 18.6 Å². The summed E-state index contributed by atoms with van der Waals surface area (Å²) in [6.45, 7) is 2.38. The zero-order valence-electron chi connectivity index (χ0n) is 14.5. The third-order valence-corrected chi connectivity index (χ3v) is 4.50. The highest BCUT2D eigenvalue weighted by molar-refractivity contribution is 5.94. The summed E-state index contributed by atoms with van der Waals surface area (Å²) in [5.41, 5.74) is -0.0739. The molecular weight excluding hydrogens is 358 g/mol. The summed E-state index contributed by atoms with van der Waals surface area (Å²) in [4.78, 5) is 18.2. The van der Waals surface area contributed by atoms with Crippen LogP contribution in [0.15, 0.2) is 28.9 Å². The average Bonchev–Trinajstić information content (AvgIpc) is 3.30. The number of aromatic nitrogens is 5. The van der Waals surface area contributed by atoms with Crippen LogP contribution in [0, 0.1) is 18.6 Å². The molecule has 0 spiro atoms. The maximum atomic E-state index is 13.9. The Hall–Kier alpha value is -3.17. The molecule has 1 atom stereocenters. The highest BCUT2D eigenvalue weighted by atomic mass is 19.1. The van der Waals surface area contributed by atoms with Crippen molar-refractivity contribution in [1.29, 1.82) is 0 Å². The Morgan fingerprint density at radius 2 is 2.07 bits per heavy atom. The van der Waals surface area contributed by atoms with Gasteiger partial charge in [0.2, 0.25) is 11.7 Å². The van der Waals surface area contributed by atoms with E-state index in [0.29, 0.717) is 30.4 Å². The van der Waals surface area contributed by atoms with E-state index in [-0.39, 0.29) is 12.6 Å². The maximum absolute atomic E-state index is 13.9. The monoisotopic (exact) mass is 374 g/mol. The zero-order valence-corrected chi connectivity index (χ0v) is 14.5. The number of likely N-dealkylation sites (tertiary alicyclic amines) is 1.